The number of carboxylic acids is 1. The third-order valence-electron chi connectivity index (χ3n) is 2.28. The number of sulfonamides is 1. The van der Waals surface area contributed by atoms with Crippen molar-refractivity contribution in [2.24, 2.45) is 0 Å². The summed E-state index contributed by atoms with van der Waals surface area (Å²) in [6, 6.07) is 5.73. The molecular weight excluding hydrogens is 277 g/mol. The van der Waals surface area contributed by atoms with Crippen molar-refractivity contribution >= 4 is 16.0 Å². The molecule has 0 radical (unpaired) electrons. The van der Waals surface area contributed by atoms with Gasteiger partial charge in [0.15, 0.2) is 17.3 Å². The maximum absolute atomic E-state index is 13.2. The molecule has 1 aromatic carbocycles. The van der Waals surface area contributed by atoms with E-state index >= 15 is 0 Å². The Bertz CT molecular complexity index is 546. The van der Waals surface area contributed by atoms with Crippen LogP contribution in [0.2, 0.25) is 0 Å². The molecule has 0 spiro atoms. The standard InChI is InChI=1S/C11H14FNO5S/c1-13(19(16,17)8-11(14)15)6-7-18-10-5-3-2-4-9(10)12/h2-5H,6-8H2,1H3,(H,14,15). The Morgan fingerprint density at radius 2 is 2.05 bits per heavy atom. The first-order valence-electron chi connectivity index (χ1n) is 5.36. The highest BCUT2D eigenvalue weighted by atomic mass is 32.2. The van der Waals surface area contributed by atoms with E-state index in [9.17, 15) is 17.6 Å². The predicted octanol–water partition coefficient (Wildman–Crippen LogP) is 0.551. The minimum Gasteiger partial charge on any atom is -0.489 e. The zero-order valence-corrected chi connectivity index (χ0v) is 11.1. The Morgan fingerprint density at radius 3 is 2.63 bits per heavy atom. The van der Waals surface area contributed by atoms with Crippen LogP contribution in [0.25, 0.3) is 0 Å². The van der Waals surface area contributed by atoms with Gasteiger partial charge in [-0.15, -0.1) is 0 Å². The van der Waals surface area contributed by atoms with E-state index in [1.165, 1.54) is 25.2 Å². The number of carbonyl (C=O) groups is 1. The minimum absolute atomic E-state index is 0.0199. The van der Waals surface area contributed by atoms with E-state index in [0.29, 0.717) is 0 Å². The highest BCUT2D eigenvalue weighted by molar-refractivity contribution is 7.89. The van der Waals surface area contributed by atoms with Crippen molar-refractivity contribution in [3.05, 3.63) is 30.1 Å². The van der Waals surface area contributed by atoms with Crippen molar-refractivity contribution in [1.82, 2.24) is 4.31 Å². The first-order valence-corrected chi connectivity index (χ1v) is 6.97. The number of hydrogen-bond acceptors (Lipinski definition) is 4. The van der Waals surface area contributed by atoms with E-state index in [4.69, 9.17) is 9.84 Å². The highest BCUT2D eigenvalue weighted by Crippen LogP contribution is 2.15. The van der Waals surface area contributed by atoms with Gasteiger partial charge in [-0.2, -0.15) is 0 Å². The average molecular weight is 291 g/mol. The number of rotatable bonds is 7. The van der Waals surface area contributed by atoms with E-state index in [-0.39, 0.29) is 18.9 Å². The maximum atomic E-state index is 13.2. The lowest BCUT2D eigenvalue weighted by Gasteiger charge is -2.16. The zero-order chi connectivity index (χ0) is 14.5. The van der Waals surface area contributed by atoms with Gasteiger partial charge in [0, 0.05) is 13.6 Å². The zero-order valence-electron chi connectivity index (χ0n) is 10.2. The third kappa shape index (κ3) is 4.84. The van der Waals surface area contributed by atoms with Gasteiger partial charge in [-0.05, 0) is 12.1 Å². The molecule has 0 aliphatic rings. The minimum atomic E-state index is -3.86. The molecule has 1 N–H and O–H groups in total. The second kappa shape index (κ2) is 6.48. The fourth-order valence-electron chi connectivity index (χ4n) is 1.25. The summed E-state index contributed by atoms with van der Waals surface area (Å²) >= 11 is 0. The fourth-order valence-corrected chi connectivity index (χ4v) is 2.14. The van der Waals surface area contributed by atoms with Gasteiger partial charge in [0.05, 0.1) is 0 Å². The molecular formula is C11H14FNO5S. The van der Waals surface area contributed by atoms with Crippen LogP contribution in [0.5, 0.6) is 5.75 Å². The molecule has 0 saturated carbocycles. The van der Waals surface area contributed by atoms with Crippen molar-refractivity contribution in [2.75, 3.05) is 26.0 Å². The Labute approximate surface area is 110 Å². The van der Waals surface area contributed by atoms with E-state index in [2.05, 4.69) is 0 Å². The van der Waals surface area contributed by atoms with Crippen LogP contribution >= 0.6 is 0 Å². The summed E-state index contributed by atoms with van der Waals surface area (Å²) in [5.74, 6) is -2.93. The normalized spacial score (nSPS) is 11.5. The van der Waals surface area contributed by atoms with Gasteiger partial charge in [0.1, 0.15) is 6.61 Å². The number of para-hydroxylation sites is 1. The van der Waals surface area contributed by atoms with E-state index < -0.39 is 27.6 Å². The number of carboxylic acid groups (broad SMARTS) is 1. The predicted molar refractivity (Wildman–Crippen MR) is 65.9 cm³/mol. The van der Waals surface area contributed by atoms with E-state index in [0.717, 1.165) is 4.31 Å². The molecule has 6 nitrogen and oxygen atoms in total. The lowest BCUT2D eigenvalue weighted by Crippen LogP contribution is -2.35. The second-order valence-electron chi connectivity index (χ2n) is 3.75. The van der Waals surface area contributed by atoms with Crippen molar-refractivity contribution in [3.8, 4) is 5.75 Å². The molecule has 0 aliphatic heterocycles. The molecule has 1 aromatic rings. The molecule has 106 valence electrons. The second-order valence-corrected chi connectivity index (χ2v) is 5.83. The van der Waals surface area contributed by atoms with Gasteiger partial charge in [0.2, 0.25) is 10.0 Å². The lowest BCUT2D eigenvalue weighted by molar-refractivity contribution is -0.134. The first kappa shape index (κ1) is 15.4. The molecule has 0 bridgehead atoms. The molecule has 0 fully saturated rings. The summed E-state index contributed by atoms with van der Waals surface area (Å²) in [5, 5.41) is 8.45. The first-order chi connectivity index (χ1) is 8.83. The molecule has 0 unspecified atom stereocenters. The summed E-state index contributed by atoms with van der Waals surface area (Å²) < 4.78 is 42.1. The molecule has 0 amide bonds. The largest absolute Gasteiger partial charge is 0.489 e. The van der Waals surface area contributed by atoms with Gasteiger partial charge in [-0.25, -0.2) is 17.1 Å². The topological polar surface area (TPSA) is 83.9 Å². The summed E-state index contributed by atoms with van der Waals surface area (Å²) in [5.41, 5.74) is 0. The highest BCUT2D eigenvalue weighted by Gasteiger charge is 2.21. The Balaban J connectivity index is 2.49. The number of aliphatic carboxylic acids is 1. The van der Waals surface area contributed by atoms with Gasteiger partial charge in [0.25, 0.3) is 0 Å². The van der Waals surface area contributed by atoms with Crippen LogP contribution in [0.1, 0.15) is 0 Å². The van der Waals surface area contributed by atoms with Crippen LogP contribution in [0, 0.1) is 5.82 Å². The van der Waals surface area contributed by atoms with Crippen molar-refractivity contribution < 1.29 is 27.4 Å². The lowest BCUT2D eigenvalue weighted by atomic mass is 10.3. The number of hydrogen-bond donors (Lipinski definition) is 1. The number of benzene rings is 1. The van der Waals surface area contributed by atoms with Crippen LogP contribution in [-0.2, 0) is 14.8 Å². The van der Waals surface area contributed by atoms with E-state index in [1.54, 1.807) is 6.07 Å². The van der Waals surface area contributed by atoms with Gasteiger partial charge < -0.3 is 9.84 Å². The maximum Gasteiger partial charge on any atom is 0.320 e. The smallest absolute Gasteiger partial charge is 0.320 e. The molecule has 0 aromatic heterocycles. The molecule has 19 heavy (non-hydrogen) atoms. The van der Waals surface area contributed by atoms with E-state index in [1.807, 2.05) is 0 Å². The number of nitrogens with zero attached hydrogens (tertiary/aromatic N) is 1. The molecule has 0 atom stereocenters. The summed E-state index contributed by atoms with van der Waals surface area (Å²) in [4.78, 5) is 10.4. The molecule has 8 heteroatoms. The summed E-state index contributed by atoms with van der Waals surface area (Å²) in [6.45, 7) is -0.139. The van der Waals surface area contributed by atoms with Crippen LogP contribution in [0.3, 0.4) is 0 Å². The SMILES string of the molecule is CN(CCOc1ccccc1F)S(=O)(=O)CC(=O)O. The van der Waals surface area contributed by atoms with Crippen LogP contribution < -0.4 is 4.74 Å². The van der Waals surface area contributed by atoms with Gasteiger partial charge >= 0.3 is 5.97 Å². The van der Waals surface area contributed by atoms with Crippen LogP contribution in [0.4, 0.5) is 4.39 Å². The van der Waals surface area contributed by atoms with Crippen LogP contribution in [0.15, 0.2) is 24.3 Å². The number of ether oxygens (including phenoxy) is 1. The number of likely N-dealkylation sites (N-methyl/N-ethyl adjacent to an activating group) is 1. The Kier molecular flexibility index (Phi) is 5.25. The summed E-state index contributed by atoms with van der Waals surface area (Å²) in [7, 11) is -2.62. The third-order valence-corrected chi connectivity index (χ3v) is 4.03. The quantitative estimate of drug-likeness (QED) is 0.793. The summed E-state index contributed by atoms with van der Waals surface area (Å²) in [6.07, 6.45) is 0. The molecule has 0 heterocycles. The van der Waals surface area contributed by atoms with Gasteiger partial charge in [-0.1, -0.05) is 12.1 Å². The molecule has 1 rings (SSSR count). The molecule has 0 saturated heterocycles. The van der Waals surface area contributed by atoms with Crippen LogP contribution in [-0.4, -0.2) is 49.8 Å². The monoisotopic (exact) mass is 291 g/mol. The van der Waals surface area contributed by atoms with Crippen molar-refractivity contribution in [2.45, 2.75) is 0 Å². The number of halogens is 1. The van der Waals surface area contributed by atoms with Crippen molar-refractivity contribution in [1.29, 1.82) is 0 Å². The average Bonchev–Trinajstić information content (AvgIpc) is 2.29. The van der Waals surface area contributed by atoms with Crippen molar-refractivity contribution in [3.63, 3.8) is 0 Å². The fraction of sp³-hybridized carbons (Fsp3) is 0.364. The van der Waals surface area contributed by atoms with Gasteiger partial charge in [-0.3, -0.25) is 4.79 Å². The molecule has 0 aliphatic carbocycles. The Morgan fingerprint density at radius 1 is 1.42 bits per heavy atom. The Hall–Kier alpha value is -1.67.